The van der Waals surface area contributed by atoms with Crippen LogP contribution in [0.2, 0.25) is 5.02 Å². The molecule has 0 radical (unpaired) electrons. The summed E-state index contributed by atoms with van der Waals surface area (Å²) < 4.78 is 10.7. The lowest BCUT2D eigenvalue weighted by molar-refractivity contribution is 0.202. The van der Waals surface area contributed by atoms with E-state index in [2.05, 4.69) is 4.98 Å². The zero-order chi connectivity index (χ0) is 14.4. The van der Waals surface area contributed by atoms with Crippen LogP contribution >= 0.6 is 11.6 Å². The molecule has 0 aliphatic heterocycles. The quantitative estimate of drug-likeness (QED) is 0.889. The summed E-state index contributed by atoms with van der Waals surface area (Å²) in [5, 5.41) is 0.552. The number of rotatable bonds is 6. The molecule has 0 aliphatic carbocycles. The van der Waals surface area contributed by atoms with Gasteiger partial charge >= 0.3 is 0 Å². The average Bonchev–Trinajstić information content (AvgIpc) is 2.47. The van der Waals surface area contributed by atoms with Crippen LogP contribution in [0.3, 0.4) is 0 Å². The Morgan fingerprint density at radius 1 is 1.15 bits per heavy atom. The van der Waals surface area contributed by atoms with Crippen LogP contribution in [0.25, 0.3) is 0 Å². The van der Waals surface area contributed by atoms with Crippen LogP contribution in [0.1, 0.15) is 11.3 Å². The number of nitrogen functional groups attached to an aromatic ring is 1. The summed E-state index contributed by atoms with van der Waals surface area (Å²) >= 11 is 6.03. The predicted molar refractivity (Wildman–Crippen MR) is 80.0 cm³/mol. The third-order valence-corrected chi connectivity index (χ3v) is 3.18. The zero-order valence-corrected chi connectivity index (χ0v) is 12.1. The summed E-state index contributed by atoms with van der Waals surface area (Å²) in [6.07, 6.45) is 0.888. The second-order valence-corrected chi connectivity index (χ2v) is 4.75. The van der Waals surface area contributed by atoms with E-state index in [1.807, 2.05) is 24.3 Å². The van der Waals surface area contributed by atoms with E-state index in [0.29, 0.717) is 29.7 Å². The molecule has 0 fully saturated rings. The number of nitrogens with zero attached hydrogens (tertiary/aromatic N) is 1. The average molecular weight is 293 g/mol. The first-order valence-corrected chi connectivity index (χ1v) is 6.68. The van der Waals surface area contributed by atoms with Crippen LogP contribution in [0, 0.1) is 0 Å². The minimum Gasteiger partial charge on any atom is -0.487 e. The first kappa shape index (κ1) is 14.6. The number of aromatic nitrogens is 1. The smallest absolute Gasteiger partial charge is 0.132 e. The standard InChI is InChI=1S/C15H17ClN2O2/c1-19-9-8-11-2-4-12(5-3-11)20-10-14-13(16)6-7-15(17)18-14/h2-7H,8-10H2,1H3,(H2,17,18). The van der Waals surface area contributed by atoms with Crippen molar-refractivity contribution >= 4 is 17.4 Å². The van der Waals surface area contributed by atoms with E-state index in [4.69, 9.17) is 26.8 Å². The van der Waals surface area contributed by atoms with E-state index in [-0.39, 0.29) is 0 Å². The van der Waals surface area contributed by atoms with Gasteiger partial charge in [-0.05, 0) is 36.2 Å². The summed E-state index contributed by atoms with van der Waals surface area (Å²) in [5.41, 5.74) is 7.47. The van der Waals surface area contributed by atoms with Crippen molar-refractivity contribution in [2.45, 2.75) is 13.0 Å². The molecule has 4 nitrogen and oxygen atoms in total. The maximum Gasteiger partial charge on any atom is 0.132 e. The minimum absolute atomic E-state index is 0.293. The SMILES string of the molecule is COCCc1ccc(OCc2nc(N)ccc2Cl)cc1. The van der Waals surface area contributed by atoms with Gasteiger partial charge in [-0.25, -0.2) is 4.98 Å². The van der Waals surface area contributed by atoms with Crippen LogP contribution in [0.4, 0.5) is 5.82 Å². The largest absolute Gasteiger partial charge is 0.487 e. The van der Waals surface area contributed by atoms with Crippen molar-refractivity contribution in [1.29, 1.82) is 0 Å². The Morgan fingerprint density at radius 3 is 2.60 bits per heavy atom. The van der Waals surface area contributed by atoms with Gasteiger partial charge in [-0.15, -0.1) is 0 Å². The Kier molecular flexibility index (Phi) is 5.21. The molecule has 0 spiro atoms. The van der Waals surface area contributed by atoms with Crippen LogP contribution in [0.5, 0.6) is 5.75 Å². The Hall–Kier alpha value is -1.78. The fourth-order valence-corrected chi connectivity index (χ4v) is 1.89. The molecular weight excluding hydrogens is 276 g/mol. The first-order chi connectivity index (χ1) is 9.69. The summed E-state index contributed by atoms with van der Waals surface area (Å²) in [6, 6.07) is 11.3. The van der Waals surface area contributed by atoms with Crippen molar-refractivity contribution < 1.29 is 9.47 Å². The lowest BCUT2D eigenvalue weighted by Gasteiger charge is -2.08. The number of hydrogen-bond acceptors (Lipinski definition) is 4. The van der Waals surface area contributed by atoms with Crippen LogP contribution in [0.15, 0.2) is 36.4 Å². The van der Waals surface area contributed by atoms with Gasteiger partial charge in [0.15, 0.2) is 0 Å². The first-order valence-electron chi connectivity index (χ1n) is 6.30. The highest BCUT2D eigenvalue weighted by molar-refractivity contribution is 6.31. The number of benzene rings is 1. The van der Waals surface area contributed by atoms with E-state index < -0.39 is 0 Å². The van der Waals surface area contributed by atoms with Crippen molar-refractivity contribution in [3.63, 3.8) is 0 Å². The lowest BCUT2D eigenvalue weighted by atomic mass is 10.1. The minimum atomic E-state index is 0.293. The van der Waals surface area contributed by atoms with E-state index in [0.717, 1.165) is 12.2 Å². The molecule has 0 amide bonds. The molecule has 106 valence electrons. The van der Waals surface area contributed by atoms with Crippen molar-refractivity contribution in [1.82, 2.24) is 4.98 Å². The highest BCUT2D eigenvalue weighted by atomic mass is 35.5. The van der Waals surface area contributed by atoms with Crippen molar-refractivity contribution in [2.75, 3.05) is 19.5 Å². The Morgan fingerprint density at radius 2 is 1.90 bits per heavy atom. The summed E-state index contributed by atoms with van der Waals surface area (Å²) in [4.78, 5) is 4.15. The molecule has 1 aromatic heterocycles. The number of methoxy groups -OCH3 is 1. The highest BCUT2D eigenvalue weighted by Gasteiger charge is 2.04. The molecule has 0 atom stereocenters. The molecule has 20 heavy (non-hydrogen) atoms. The van der Waals surface area contributed by atoms with Crippen molar-refractivity contribution in [3.8, 4) is 5.75 Å². The highest BCUT2D eigenvalue weighted by Crippen LogP contribution is 2.19. The summed E-state index contributed by atoms with van der Waals surface area (Å²) in [7, 11) is 1.69. The van der Waals surface area contributed by atoms with Gasteiger partial charge in [-0.1, -0.05) is 23.7 Å². The molecule has 5 heteroatoms. The van der Waals surface area contributed by atoms with Crippen LogP contribution < -0.4 is 10.5 Å². The molecule has 0 bridgehead atoms. The van der Waals surface area contributed by atoms with E-state index in [1.54, 1.807) is 19.2 Å². The molecule has 0 saturated heterocycles. The maximum absolute atomic E-state index is 6.03. The van der Waals surface area contributed by atoms with E-state index in [9.17, 15) is 0 Å². The molecule has 2 aromatic rings. The Labute approximate surface area is 123 Å². The molecule has 1 aromatic carbocycles. The second-order valence-electron chi connectivity index (χ2n) is 4.34. The molecule has 0 unspecified atom stereocenters. The fourth-order valence-electron chi connectivity index (χ4n) is 1.73. The van der Waals surface area contributed by atoms with E-state index >= 15 is 0 Å². The van der Waals surface area contributed by atoms with Gasteiger partial charge in [-0.3, -0.25) is 0 Å². The molecule has 2 N–H and O–H groups in total. The molecule has 0 aliphatic rings. The van der Waals surface area contributed by atoms with Gasteiger partial charge in [0.2, 0.25) is 0 Å². The van der Waals surface area contributed by atoms with Gasteiger partial charge in [0.1, 0.15) is 18.2 Å². The van der Waals surface area contributed by atoms with Gasteiger partial charge in [-0.2, -0.15) is 0 Å². The number of halogens is 1. The van der Waals surface area contributed by atoms with Gasteiger partial charge in [0.05, 0.1) is 17.3 Å². The van der Waals surface area contributed by atoms with Gasteiger partial charge in [0, 0.05) is 7.11 Å². The summed E-state index contributed by atoms with van der Waals surface area (Å²) in [5.74, 6) is 1.20. The number of anilines is 1. The summed E-state index contributed by atoms with van der Waals surface area (Å²) in [6.45, 7) is 1.00. The fraction of sp³-hybridized carbons (Fsp3) is 0.267. The maximum atomic E-state index is 6.03. The lowest BCUT2D eigenvalue weighted by Crippen LogP contribution is -2.02. The van der Waals surface area contributed by atoms with Crippen molar-refractivity contribution in [2.24, 2.45) is 0 Å². The number of hydrogen-bond donors (Lipinski definition) is 1. The molecule has 1 heterocycles. The third-order valence-electron chi connectivity index (χ3n) is 2.83. The monoisotopic (exact) mass is 292 g/mol. The van der Waals surface area contributed by atoms with Gasteiger partial charge in [0.25, 0.3) is 0 Å². The third kappa shape index (κ3) is 4.11. The molecule has 2 rings (SSSR count). The van der Waals surface area contributed by atoms with Gasteiger partial charge < -0.3 is 15.2 Å². The topological polar surface area (TPSA) is 57.4 Å². The number of nitrogens with two attached hydrogens (primary N) is 1. The van der Waals surface area contributed by atoms with Crippen molar-refractivity contribution in [3.05, 3.63) is 52.7 Å². The number of pyridine rings is 1. The number of ether oxygens (including phenoxy) is 2. The normalized spacial score (nSPS) is 10.5. The Bertz CT molecular complexity index is 558. The van der Waals surface area contributed by atoms with E-state index in [1.165, 1.54) is 5.56 Å². The van der Waals surface area contributed by atoms with Crippen LogP contribution in [-0.4, -0.2) is 18.7 Å². The Balaban J connectivity index is 1.95. The molecule has 0 saturated carbocycles. The zero-order valence-electron chi connectivity index (χ0n) is 11.3. The molecular formula is C15H17ClN2O2. The predicted octanol–water partition coefficient (Wildman–Crippen LogP) is 3.09. The second kappa shape index (κ2) is 7.12. The van der Waals surface area contributed by atoms with Crippen LogP contribution in [-0.2, 0) is 17.8 Å².